The highest BCUT2D eigenvalue weighted by Gasteiger charge is 2.35. The molecule has 0 radical (unpaired) electrons. The fourth-order valence-electron chi connectivity index (χ4n) is 3.32. The number of nitrogens with one attached hydrogen (secondary N) is 1. The molecule has 3 rings (SSSR count). The molecule has 0 bridgehead atoms. The smallest absolute Gasteiger partial charge is 0.0232 e. The van der Waals surface area contributed by atoms with Crippen LogP contribution in [0.5, 0.6) is 0 Å². The Balaban J connectivity index is 1.37. The molecule has 2 heterocycles. The summed E-state index contributed by atoms with van der Waals surface area (Å²) in [5, 5.41) is 3.42. The molecule has 104 valence electrons. The van der Waals surface area contributed by atoms with Gasteiger partial charge in [0.25, 0.3) is 0 Å². The molecule has 0 spiro atoms. The van der Waals surface area contributed by atoms with Crippen molar-refractivity contribution >= 4 is 0 Å². The van der Waals surface area contributed by atoms with Gasteiger partial charge in [0.15, 0.2) is 0 Å². The fraction of sp³-hybridized carbons (Fsp3) is 1.00. The minimum absolute atomic E-state index is 0.813. The minimum atomic E-state index is 0.813. The van der Waals surface area contributed by atoms with E-state index in [1.807, 2.05) is 0 Å². The van der Waals surface area contributed by atoms with Crippen LogP contribution in [0.25, 0.3) is 0 Å². The molecule has 18 heavy (non-hydrogen) atoms. The Labute approximate surface area is 111 Å². The Morgan fingerprint density at radius 3 is 2.61 bits per heavy atom. The van der Waals surface area contributed by atoms with E-state index in [1.165, 1.54) is 71.6 Å². The second-order valence-electron chi connectivity index (χ2n) is 6.24. The highest BCUT2D eigenvalue weighted by atomic mass is 15.3. The quantitative estimate of drug-likeness (QED) is 0.747. The van der Waals surface area contributed by atoms with Crippen molar-refractivity contribution in [2.45, 2.75) is 31.3 Å². The Morgan fingerprint density at radius 1 is 1.11 bits per heavy atom. The first-order chi connectivity index (χ1) is 8.83. The maximum absolute atomic E-state index is 3.42. The predicted octanol–water partition coefficient (Wildman–Crippen LogP) is 0.0601. The molecule has 0 aromatic heterocycles. The van der Waals surface area contributed by atoms with Gasteiger partial charge < -0.3 is 10.2 Å². The van der Waals surface area contributed by atoms with Crippen LogP contribution in [0.1, 0.15) is 19.3 Å². The Kier molecular flexibility index (Phi) is 4.19. The van der Waals surface area contributed by atoms with Gasteiger partial charge >= 0.3 is 0 Å². The van der Waals surface area contributed by atoms with Crippen LogP contribution < -0.4 is 5.32 Å². The van der Waals surface area contributed by atoms with Crippen LogP contribution in [0.2, 0.25) is 0 Å². The van der Waals surface area contributed by atoms with Gasteiger partial charge in [0.2, 0.25) is 0 Å². The highest BCUT2D eigenvalue weighted by molar-refractivity contribution is 4.92. The normalized spacial score (nSPS) is 31.3. The van der Waals surface area contributed by atoms with Gasteiger partial charge in [-0.2, -0.15) is 0 Å². The van der Waals surface area contributed by atoms with Crippen molar-refractivity contribution in [3.05, 3.63) is 0 Å². The summed E-state index contributed by atoms with van der Waals surface area (Å²) in [5.41, 5.74) is 0. The van der Waals surface area contributed by atoms with Crippen molar-refractivity contribution in [2.75, 3.05) is 59.4 Å². The molecule has 1 N–H and O–H groups in total. The monoisotopic (exact) mass is 252 g/mol. The first-order valence-corrected chi connectivity index (χ1v) is 7.70. The number of rotatable bonds is 5. The van der Waals surface area contributed by atoms with Crippen LogP contribution in [0.15, 0.2) is 0 Å². The lowest BCUT2D eigenvalue weighted by atomic mass is 10.2. The predicted molar refractivity (Wildman–Crippen MR) is 74.9 cm³/mol. The van der Waals surface area contributed by atoms with Gasteiger partial charge in [-0.25, -0.2) is 0 Å². The highest BCUT2D eigenvalue weighted by Crippen LogP contribution is 2.30. The van der Waals surface area contributed by atoms with Gasteiger partial charge in [0, 0.05) is 64.4 Å². The van der Waals surface area contributed by atoms with Crippen molar-refractivity contribution in [1.29, 1.82) is 0 Å². The molecule has 2 aliphatic heterocycles. The van der Waals surface area contributed by atoms with Crippen LogP contribution >= 0.6 is 0 Å². The third kappa shape index (κ3) is 3.23. The van der Waals surface area contributed by atoms with E-state index in [2.05, 4.69) is 27.1 Å². The molecule has 2 saturated heterocycles. The molecule has 0 amide bonds. The number of nitrogens with zero attached hydrogens (tertiary/aromatic N) is 3. The molecule has 1 atom stereocenters. The van der Waals surface area contributed by atoms with Crippen molar-refractivity contribution in [3.63, 3.8) is 0 Å². The van der Waals surface area contributed by atoms with Gasteiger partial charge in [-0.05, 0) is 26.3 Å². The number of likely N-dealkylation sites (N-methyl/N-ethyl adjacent to an activating group) is 1. The van der Waals surface area contributed by atoms with Crippen LogP contribution in [-0.2, 0) is 0 Å². The van der Waals surface area contributed by atoms with Crippen molar-refractivity contribution in [1.82, 2.24) is 20.0 Å². The van der Waals surface area contributed by atoms with Crippen molar-refractivity contribution in [2.24, 2.45) is 0 Å². The van der Waals surface area contributed by atoms with Gasteiger partial charge in [-0.1, -0.05) is 0 Å². The third-order valence-corrected chi connectivity index (χ3v) is 4.86. The largest absolute Gasteiger partial charge is 0.314 e. The van der Waals surface area contributed by atoms with E-state index in [1.54, 1.807) is 0 Å². The Bertz CT molecular complexity index is 261. The molecule has 4 nitrogen and oxygen atoms in total. The second-order valence-corrected chi connectivity index (χ2v) is 6.24. The molecule has 4 heteroatoms. The molecule has 1 aliphatic carbocycles. The summed E-state index contributed by atoms with van der Waals surface area (Å²) in [4.78, 5) is 7.91. The number of hydrogen-bond donors (Lipinski definition) is 1. The molecule has 1 saturated carbocycles. The zero-order valence-electron chi connectivity index (χ0n) is 11.8. The average molecular weight is 252 g/mol. The van der Waals surface area contributed by atoms with E-state index in [-0.39, 0.29) is 0 Å². The zero-order chi connectivity index (χ0) is 12.4. The van der Waals surface area contributed by atoms with E-state index >= 15 is 0 Å². The minimum Gasteiger partial charge on any atom is -0.314 e. The first kappa shape index (κ1) is 12.9. The number of hydrogen-bond acceptors (Lipinski definition) is 4. The lowest BCUT2D eigenvalue weighted by Crippen LogP contribution is -2.47. The van der Waals surface area contributed by atoms with E-state index in [9.17, 15) is 0 Å². The summed E-state index contributed by atoms with van der Waals surface area (Å²) in [6.07, 6.45) is 4.29. The maximum Gasteiger partial charge on any atom is 0.0232 e. The molecule has 3 fully saturated rings. The molecule has 1 unspecified atom stereocenters. The van der Waals surface area contributed by atoms with Gasteiger partial charge in [0.05, 0.1) is 0 Å². The van der Waals surface area contributed by atoms with Crippen LogP contribution in [0.3, 0.4) is 0 Å². The van der Waals surface area contributed by atoms with Gasteiger partial charge in [0.1, 0.15) is 0 Å². The zero-order valence-corrected chi connectivity index (χ0v) is 11.8. The molecule has 3 aliphatic rings. The Hall–Kier alpha value is -0.160. The topological polar surface area (TPSA) is 21.8 Å². The standard InChI is InChI=1S/C14H28N4/c1-16(10-11-17-8-5-15-6-9-17)14-4-7-18(12-14)13-2-3-13/h13-15H,2-12H2,1H3. The summed E-state index contributed by atoms with van der Waals surface area (Å²) in [6.45, 7) is 9.95. The molecular formula is C14H28N4. The number of likely N-dealkylation sites (tertiary alicyclic amines) is 1. The lowest BCUT2D eigenvalue weighted by molar-refractivity contribution is 0.174. The summed E-state index contributed by atoms with van der Waals surface area (Å²) in [6, 6.07) is 1.77. The summed E-state index contributed by atoms with van der Waals surface area (Å²) < 4.78 is 0. The van der Waals surface area contributed by atoms with Gasteiger partial charge in [-0.3, -0.25) is 9.80 Å². The third-order valence-electron chi connectivity index (χ3n) is 4.86. The Morgan fingerprint density at radius 2 is 1.89 bits per heavy atom. The van der Waals surface area contributed by atoms with E-state index < -0.39 is 0 Å². The molecular weight excluding hydrogens is 224 g/mol. The second kappa shape index (κ2) is 5.87. The average Bonchev–Trinajstić information content (AvgIpc) is 3.15. The SMILES string of the molecule is CN(CCN1CCNCC1)C1CCN(C2CC2)C1. The van der Waals surface area contributed by atoms with E-state index in [0.29, 0.717) is 0 Å². The maximum atomic E-state index is 3.42. The van der Waals surface area contributed by atoms with E-state index in [4.69, 9.17) is 0 Å². The van der Waals surface area contributed by atoms with Crippen molar-refractivity contribution in [3.8, 4) is 0 Å². The molecule has 0 aromatic carbocycles. The summed E-state index contributed by atoms with van der Waals surface area (Å²) in [7, 11) is 2.32. The lowest BCUT2D eigenvalue weighted by Gasteiger charge is -2.31. The number of piperazine rings is 1. The first-order valence-electron chi connectivity index (χ1n) is 7.70. The molecule has 0 aromatic rings. The van der Waals surface area contributed by atoms with Crippen molar-refractivity contribution < 1.29 is 0 Å². The van der Waals surface area contributed by atoms with Crippen LogP contribution in [0, 0.1) is 0 Å². The fourth-order valence-corrected chi connectivity index (χ4v) is 3.32. The summed E-state index contributed by atoms with van der Waals surface area (Å²) in [5.74, 6) is 0. The van der Waals surface area contributed by atoms with Crippen LogP contribution in [-0.4, -0.2) is 86.2 Å². The van der Waals surface area contributed by atoms with E-state index in [0.717, 1.165) is 12.1 Å². The van der Waals surface area contributed by atoms with Gasteiger partial charge in [-0.15, -0.1) is 0 Å². The van der Waals surface area contributed by atoms with Crippen LogP contribution in [0.4, 0.5) is 0 Å². The summed E-state index contributed by atoms with van der Waals surface area (Å²) >= 11 is 0.